The molecule has 31 heavy (non-hydrogen) atoms. The van der Waals surface area contributed by atoms with Gasteiger partial charge in [-0.2, -0.15) is 30.4 Å². The zero-order chi connectivity index (χ0) is 23.0. The molecule has 166 valence electrons. The lowest BCUT2D eigenvalue weighted by Crippen LogP contribution is -2.39. The van der Waals surface area contributed by atoms with Crippen molar-refractivity contribution in [3.05, 3.63) is 70.5 Å². The van der Waals surface area contributed by atoms with Crippen LogP contribution in [0.5, 0.6) is 0 Å². The number of hydrogen-bond donors (Lipinski definition) is 2. The van der Waals surface area contributed by atoms with Gasteiger partial charge in [0.25, 0.3) is 10.0 Å². The minimum atomic E-state index is -4.86. The van der Waals surface area contributed by atoms with Crippen LogP contribution in [-0.2, 0) is 22.6 Å². The second kappa shape index (κ2) is 7.91. The fraction of sp³-hybridized carbons (Fsp3) is 0.211. The summed E-state index contributed by atoms with van der Waals surface area (Å²) in [6.07, 6.45) is -2.51. The maximum Gasteiger partial charge on any atom is 0.418 e. The van der Waals surface area contributed by atoms with Crippen molar-refractivity contribution < 1.29 is 34.8 Å². The molecule has 1 aromatic carbocycles. The van der Waals surface area contributed by atoms with Crippen molar-refractivity contribution in [2.75, 3.05) is 4.72 Å². The van der Waals surface area contributed by atoms with Crippen molar-refractivity contribution in [3.8, 4) is 11.3 Å². The van der Waals surface area contributed by atoms with Gasteiger partial charge in [0.1, 0.15) is 11.6 Å². The predicted molar refractivity (Wildman–Crippen MR) is 102 cm³/mol. The number of dihydropyridines is 1. The number of pyridine rings is 1. The van der Waals surface area contributed by atoms with E-state index in [1.54, 1.807) is 6.92 Å². The van der Waals surface area contributed by atoms with E-state index in [4.69, 9.17) is 0 Å². The Labute approximate surface area is 173 Å². The highest BCUT2D eigenvalue weighted by Crippen LogP contribution is 2.38. The third kappa shape index (κ3) is 5.01. The summed E-state index contributed by atoms with van der Waals surface area (Å²) >= 11 is 0. The van der Waals surface area contributed by atoms with Gasteiger partial charge in [0.2, 0.25) is 0 Å². The lowest BCUT2D eigenvalue weighted by Gasteiger charge is -2.21. The van der Waals surface area contributed by atoms with Gasteiger partial charge in [-0.15, -0.1) is 0 Å². The summed E-state index contributed by atoms with van der Waals surface area (Å²) in [7, 11) is -4.63. The Hall–Kier alpha value is -3.02. The highest BCUT2D eigenvalue weighted by Gasteiger charge is 2.36. The topological polar surface area (TPSA) is 71.1 Å². The van der Waals surface area contributed by atoms with Crippen LogP contribution in [0.4, 0.5) is 32.2 Å². The Morgan fingerprint density at radius 1 is 1.16 bits per heavy atom. The van der Waals surface area contributed by atoms with Gasteiger partial charge in [-0.1, -0.05) is 19.1 Å². The Morgan fingerprint density at radius 2 is 1.87 bits per heavy atom. The minimum Gasteiger partial charge on any atom is -0.312 e. The molecule has 1 aliphatic heterocycles. The number of anilines is 1. The van der Waals surface area contributed by atoms with E-state index >= 15 is 0 Å². The van der Waals surface area contributed by atoms with E-state index in [0.29, 0.717) is 17.7 Å². The molecule has 0 fully saturated rings. The van der Waals surface area contributed by atoms with Crippen LogP contribution in [0.2, 0.25) is 0 Å². The van der Waals surface area contributed by atoms with E-state index in [1.165, 1.54) is 11.4 Å². The molecule has 0 spiro atoms. The molecule has 1 aromatic heterocycles. The van der Waals surface area contributed by atoms with Crippen LogP contribution < -0.4 is 10.0 Å². The molecule has 0 unspecified atom stereocenters. The first-order valence-corrected chi connectivity index (χ1v) is 10.3. The number of sulfonamides is 1. The molecule has 0 aliphatic carbocycles. The quantitative estimate of drug-likeness (QED) is 0.494. The van der Waals surface area contributed by atoms with E-state index in [9.17, 15) is 34.8 Å². The third-order valence-electron chi connectivity index (χ3n) is 4.28. The van der Waals surface area contributed by atoms with Gasteiger partial charge < -0.3 is 5.32 Å². The lowest BCUT2D eigenvalue weighted by molar-refractivity contribution is -0.137. The van der Waals surface area contributed by atoms with Gasteiger partial charge in [0, 0.05) is 11.6 Å². The number of allylic oxidation sites excluding steroid dienone is 2. The van der Waals surface area contributed by atoms with E-state index in [-0.39, 0.29) is 12.0 Å². The van der Waals surface area contributed by atoms with Gasteiger partial charge in [0.15, 0.2) is 5.03 Å². The number of nitrogens with zero attached hydrogens (tertiary/aromatic N) is 1. The molecule has 0 radical (unpaired) electrons. The summed E-state index contributed by atoms with van der Waals surface area (Å²) in [6, 6.07) is 0.944. The number of aromatic nitrogens is 1. The van der Waals surface area contributed by atoms with Crippen molar-refractivity contribution >= 4 is 15.8 Å². The molecule has 3 rings (SSSR count). The Bertz CT molecular complexity index is 1170. The molecule has 5 nitrogen and oxygen atoms in total. The van der Waals surface area contributed by atoms with Gasteiger partial charge >= 0.3 is 12.2 Å². The summed E-state index contributed by atoms with van der Waals surface area (Å²) in [5.41, 5.74) is -1.72. The molecule has 2 heterocycles. The van der Waals surface area contributed by atoms with Gasteiger partial charge in [-0.05, 0) is 42.3 Å². The van der Waals surface area contributed by atoms with Crippen LogP contribution in [0.15, 0.2) is 53.6 Å². The summed E-state index contributed by atoms with van der Waals surface area (Å²) in [6.45, 7) is 1.64. The van der Waals surface area contributed by atoms with E-state index < -0.39 is 50.2 Å². The SMILES string of the molecule is CCc1ccc(F)cc1-c1nc(NS(=O)(=O)C2=CC=CC(F)(F)N2)ccc1C(F)(F)F. The Kier molecular flexibility index (Phi) is 5.78. The molecule has 0 amide bonds. The van der Waals surface area contributed by atoms with Crippen molar-refractivity contribution in [3.63, 3.8) is 0 Å². The van der Waals surface area contributed by atoms with Crippen LogP contribution in [0.25, 0.3) is 11.3 Å². The standard InChI is InChI=1S/C19H15F6N3O2S/c1-2-11-5-6-12(20)10-13(11)17-14(19(23,24)25)7-8-15(26-17)28-31(29,30)16-4-3-9-18(21,22)27-16/h3-10,27H,2H2,1H3,(H,26,28). The largest absolute Gasteiger partial charge is 0.418 e. The summed E-state index contributed by atoms with van der Waals surface area (Å²) in [5, 5.41) is 0.594. The number of aryl methyl sites for hydroxylation is 1. The second-order valence-corrected chi connectivity index (χ2v) is 8.14. The van der Waals surface area contributed by atoms with Crippen molar-refractivity contribution in [1.82, 2.24) is 10.3 Å². The van der Waals surface area contributed by atoms with Gasteiger partial charge in [-0.3, -0.25) is 4.72 Å². The first-order valence-electron chi connectivity index (χ1n) is 8.78. The van der Waals surface area contributed by atoms with E-state index in [0.717, 1.165) is 30.4 Å². The predicted octanol–water partition coefficient (Wildman–Crippen LogP) is 4.80. The first-order chi connectivity index (χ1) is 14.3. The molecule has 0 bridgehead atoms. The number of rotatable bonds is 5. The molecule has 0 saturated carbocycles. The second-order valence-electron chi connectivity index (χ2n) is 6.49. The molecule has 0 saturated heterocycles. The number of alkyl halides is 5. The fourth-order valence-corrected chi connectivity index (χ4v) is 3.91. The summed E-state index contributed by atoms with van der Waals surface area (Å²) in [5.74, 6) is -1.37. The van der Waals surface area contributed by atoms with E-state index in [1.807, 2.05) is 4.72 Å². The summed E-state index contributed by atoms with van der Waals surface area (Å²) in [4.78, 5) is 3.74. The minimum absolute atomic E-state index is 0.166. The average Bonchev–Trinajstić information content (AvgIpc) is 2.66. The number of benzene rings is 1. The van der Waals surface area contributed by atoms with Crippen molar-refractivity contribution in [2.24, 2.45) is 0 Å². The van der Waals surface area contributed by atoms with Gasteiger partial charge in [0.05, 0.1) is 11.3 Å². The zero-order valence-electron chi connectivity index (χ0n) is 15.8. The van der Waals surface area contributed by atoms with Crippen molar-refractivity contribution in [2.45, 2.75) is 25.6 Å². The van der Waals surface area contributed by atoms with Crippen LogP contribution in [0.3, 0.4) is 0 Å². The molecule has 2 N–H and O–H groups in total. The molecule has 12 heteroatoms. The Balaban J connectivity index is 2.09. The molecule has 1 aliphatic rings. The number of hydrogen-bond acceptors (Lipinski definition) is 4. The van der Waals surface area contributed by atoms with Crippen LogP contribution in [0.1, 0.15) is 18.1 Å². The third-order valence-corrected chi connectivity index (χ3v) is 5.58. The maximum absolute atomic E-state index is 13.8. The maximum atomic E-state index is 13.8. The normalized spacial score (nSPS) is 15.9. The molecular weight excluding hydrogens is 448 g/mol. The highest BCUT2D eigenvalue weighted by atomic mass is 32.2. The summed E-state index contributed by atoms with van der Waals surface area (Å²) < 4.78 is 108. The number of nitrogens with one attached hydrogen (secondary N) is 2. The molecule has 0 atom stereocenters. The van der Waals surface area contributed by atoms with Crippen LogP contribution in [-0.4, -0.2) is 19.4 Å². The fourth-order valence-electron chi connectivity index (χ4n) is 2.88. The zero-order valence-corrected chi connectivity index (χ0v) is 16.6. The van der Waals surface area contributed by atoms with Gasteiger partial charge in [-0.25, -0.2) is 9.37 Å². The molecular formula is C19H15F6N3O2S. The highest BCUT2D eigenvalue weighted by molar-refractivity contribution is 7.96. The van der Waals surface area contributed by atoms with Crippen LogP contribution in [0, 0.1) is 5.82 Å². The van der Waals surface area contributed by atoms with E-state index in [2.05, 4.69) is 4.98 Å². The van der Waals surface area contributed by atoms with Crippen LogP contribution >= 0.6 is 0 Å². The first kappa shape index (κ1) is 22.7. The number of halogens is 6. The monoisotopic (exact) mass is 463 g/mol. The smallest absolute Gasteiger partial charge is 0.312 e. The Morgan fingerprint density at radius 3 is 2.48 bits per heavy atom. The average molecular weight is 463 g/mol. The lowest BCUT2D eigenvalue weighted by atomic mass is 9.98. The van der Waals surface area contributed by atoms with Crippen molar-refractivity contribution in [1.29, 1.82) is 0 Å². The molecule has 2 aromatic rings.